The first kappa shape index (κ1) is 23.2. The summed E-state index contributed by atoms with van der Waals surface area (Å²) in [7, 11) is 0. The lowest BCUT2D eigenvalue weighted by atomic mass is 10.0. The smallest absolute Gasteiger partial charge is 0.269 e. The van der Waals surface area contributed by atoms with Gasteiger partial charge in [0.2, 0.25) is 0 Å². The van der Waals surface area contributed by atoms with E-state index in [0.29, 0.717) is 31.9 Å². The molecule has 9 nitrogen and oxygen atoms in total. The van der Waals surface area contributed by atoms with Gasteiger partial charge in [-0.3, -0.25) is 14.9 Å². The number of fused-ring (bicyclic) bond motifs is 1. The minimum Gasteiger partial charge on any atom is -0.484 e. The molecule has 1 fully saturated rings. The Balaban J connectivity index is 1.25. The lowest BCUT2D eigenvalue weighted by Crippen LogP contribution is -2.50. The highest BCUT2D eigenvalue weighted by molar-refractivity contribution is 6.00. The molecule has 36 heavy (non-hydrogen) atoms. The van der Waals surface area contributed by atoms with Crippen molar-refractivity contribution in [3.05, 3.63) is 88.5 Å². The van der Waals surface area contributed by atoms with Crippen LogP contribution < -0.4 is 9.64 Å². The van der Waals surface area contributed by atoms with E-state index >= 15 is 0 Å². The largest absolute Gasteiger partial charge is 0.484 e. The molecule has 9 heteroatoms. The van der Waals surface area contributed by atoms with E-state index in [1.54, 1.807) is 4.90 Å². The Kier molecular flexibility index (Phi) is 6.44. The predicted molar refractivity (Wildman–Crippen MR) is 137 cm³/mol. The van der Waals surface area contributed by atoms with Crippen molar-refractivity contribution in [3.63, 3.8) is 0 Å². The van der Waals surface area contributed by atoms with Crippen LogP contribution >= 0.6 is 0 Å². The van der Waals surface area contributed by atoms with E-state index in [1.807, 2.05) is 12.1 Å². The standard InChI is InChI=1S/C27H25N5O4/c1-19-6-8-20(9-7-19)26-23-4-2-3-5-24(23)27(29-28-26)31-16-14-30(15-17-31)25(33)18-36-22-12-10-21(11-13-22)32(34)35/h2-13H,14-18H2,1H3. The Morgan fingerprint density at radius 1 is 0.917 bits per heavy atom. The molecule has 1 aromatic heterocycles. The van der Waals surface area contributed by atoms with Gasteiger partial charge >= 0.3 is 0 Å². The van der Waals surface area contributed by atoms with Crippen LogP contribution in [0.4, 0.5) is 11.5 Å². The SMILES string of the molecule is Cc1ccc(-c2nnc(N3CCN(C(=O)COc4ccc([N+](=O)[O-])cc4)CC3)c3ccccc23)cc1. The summed E-state index contributed by atoms with van der Waals surface area (Å²) in [5.41, 5.74) is 3.05. The minimum absolute atomic E-state index is 0.0210. The highest BCUT2D eigenvalue weighted by Gasteiger charge is 2.24. The van der Waals surface area contributed by atoms with Gasteiger partial charge in [-0.05, 0) is 19.1 Å². The molecule has 2 heterocycles. The molecule has 0 aliphatic carbocycles. The number of anilines is 1. The maximum atomic E-state index is 12.7. The van der Waals surface area contributed by atoms with Crippen LogP contribution in [0.1, 0.15) is 5.56 Å². The zero-order chi connectivity index (χ0) is 25.1. The van der Waals surface area contributed by atoms with E-state index < -0.39 is 4.92 Å². The third kappa shape index (κ3) is 4.81. The van der Waals surface area contributed by atoms with Crippen molar-refractivity contribution < 1.29 is 14.5 Å². The van der Waals surface area contributed by atoms with E-state index in [1.165, 1.54) is 29.8 Å². The number of rotatable bonds is 6. The van der Waals surface area contributed by atoms with Gasteiger partial charge in [0.25, 0.3) is 11.6 Å². The Hall–Kier alpha value is -4.53. The van der Waals surface area contributed by atoms with Gasteiger partial charge in [0.05, 0.1) is 4.92 Å². The number of aryl methyl sites for hydroxylation is 1. The number of hydrogen-bond acceptors (Lipinski definition) is 7. The predicted octanol–water partition coefficient (Wildman–Crippen LogP) is 4.24. The molecular formula is C27H25N5O4. The first-order valence-electron chi connectivity index (χ1n) is 11.7. The van der Waals surface area contributed by atoms with E-state index in [2.05, 4.69) is 58.4 Å². The highest BCUT2D eigenvalue weighted by Crippen LogP contribution is 2.32. The van der Waals surface area contributed by atoms with Gasteiger partial charge in [0.15, 0.2) is 12.4 Å². The Morgan fingerprint density at radius 3 is 2.25 bits per heavy atom. The van der Waals surface area contributed by atoms with Crippen LogP contribution in [-0.2, 0) is 4.79 Å². The van der Waals surface area contributed by atoms with Gasteiger partial charge in [-0.25, -0.2) is 0 Å². The number of carbonyl (C=O) groups excluding carboxylic acids is 1. The van der Waals surface area contributed by atoms with Crippen molar-refractivity contribution in [2.45, 2.75) is 6.92 Å². The molecule has 0 N–H and O–H groups in total. The topological polar surface area (TPSA) is 102 Å². The number of amides is 1. The summed E-state index contributed by atoms with van der Waals surface area (Å²) in [4.78, 5) is 26.9. The molecule has 1 aliphatic heterocycles. The van der Waals surface area contributed by atoms with Gasteiger partial charge in [0, 0.05) is 54.6 Å². The summed E-state index contributed by atoms with van der Waals surface area (Å²) in [5, 5.41) is 22.0. The van der Waals surface area contributed by atoms with Crippen LogP contribution in [0.2, 0.25) is 0 Å². The molecule has 0 spiro atoms. The van der Waals surface area contributed by atoms with Crippen LogP contribution in [-0.4, -0.2) is 58.7 Å². The Bertz CT molecular complexity index is 1400. The fourth-order valence-corrected chi connectivity index (χ4v) is 4.32. The number of piperazine rings is 1. The molecule has 0 radical (unpaired) electrons. The van der Waals surface area contributed by atoms with Gasteiger partial charge in [0.1, 0.15) is 11.4 Å². The lowest BCUT2D eigenvalue weighted by Gasteiger charge is -2.35. The summed E-state index contributed by atoms with van der Waals surface area (Å²) >= 11 is 0. The first-order chi connectivity index (χ1) is 17.5. The van der Waals surface area contributed by atoms with Crippen molar-refractivity contribution in [3.8, 4) is 17.0 Å². The number of nitro groups is 1. The number of nitro benzene ring substituents is 1. The minimum atomic E-state index is -0.474. The van der Waals surface area contributed by atoms with Crippen molar-refractivity contribution in [2.24, 2.45) is 0 Å². The number of benzene rings is 3. The maximum absolute atomic E-state index is 12.7. The van der Waals surface area contributed by atoms with Gasteiger partial charge in [-0.15, -0.1) is 10.2 Å². The van der Waals surface area contributed by atoms with Crippen LogP contribution in [0.5, 0.6) is 5.75 Å². The first-order valence-corrected chi connectivity index (χ1v) is 11.7. The Labute approximate surface area is 208 Å². The molecule has 182 valence electrons. The number of aromatic nitrogens is 2. The number of ether oxygens (including phenoxy) is 1. The highest BCUT2D eigenvalue weighted by atomic mass is 16.6. The molecule has 1 saturated heterocycles. The second kappa shape index (κ2) is 9.99. The van der Waals surface area contributed by atoms with E-state index in [4.69, 9.17) is 4.74 Å². The molecular weight excluding hydrogens is 458 g/mol. The molecule has 1 aliphatic rings. The molecule has 0 atom stereocenters. The fraction of sp³-hybridized carbons (Fsp3) is 0.222. The summed E-state index contributed by atoms with van der Waals surface area (Å²) in [5.74, 6) is 1.11. The van der Waals surface area contributed by atoms with E-state index in [-0.39, 0.29) is 18.2 Å². The third-order valence-corrected chi connectivity index (χ3v) is 6.33. The second-order valence-electron chi connectivity index (χ2n) is 8.69. The fourth-order valence-electron chi connectivity index (χ4n) is 4.32. The zero-order valence-corrected chi connectivity index (χ0v) is 19.8. The summed E-state index contributed by atoms with van der Waals surface area (Å²) in [6.45, 7) is 4.28. The molecule has 4 aromatic rings. The number of non-ortho nitro benzene ring substituents is 1. The quantitative estimate of drug-likeness (QED) is 0.299. The van der Waals surface area contributed by atoms with Crippen LogP contribution in [0, 0.1) is 17.0 Å². The lowest BCUT2D eigenvalue weighted by molar-refractivity contribution is -0.384. The van der Waals surface area contributed by atoms with E-state index in [9.17, 15) is 14.9 Å². The van der Waals surface area contributed by atoms with Crippen molar-refractivity contribution in [1.29, 1.82) is 0 Å². The second-order valence-corrected chi connectivity index (χ2v) is 8.69. The van der Waals surface area contributed by atoms with Crippen molar-refractivity contribution in [1.82, 2.24) is 15.1 Å². The third-order valence-electron chi connectivity index (χ3n) is 6.33. The molecule has 3 aromatic carbocycles. The average molecular weight is 484 g/mol. The molecule has 5 rings (SSSR count). The summed E-state index contributed by atoms with van der Waals surface area (Å²) < 4.78 is 5.54. The zero-order valence-electron chi connectivity index (χ0n) is 19.8. The molecule has 1 amide bonds. The maximum Gasteiger partial charge on any atom is 0.269 e. The molecule has 0 saturated carbocycles. The van der Waals surface area contributed by atoms with Crippen LogP contribution in [0.25, 0.3) is 22.0 Å². The van der Waals surface area contributed by atoms with Gasteiger partial charge in [-0.2, -0.15) is 0 Å². The van der Waals surface area contributed by atoms with E-state index in [0.717, 1.165) is 27.8 Å². The summed E-state index contributed by atoms with van der Waals surface area (Å²) in [6.07, 6.45) is 0. The Morgan fingerprint density at radius 2 is 1.58 bits per heavy atom. The van der Waals surface area contributed by atoms with Crippen LogP contribution in [0.15, 0.2) is 72.8 Å². The van der Waals surface area contributed by atoms with Crippen molar-refractivity contribution >= 4 is 28.2 Å². The molecule has 0 unspecified atom stereocenters. The van der Waals surface area contributed by atoms with Gasteiger partial charge in [-0.1, -0.05) is 54.1 Å². The van der Waals surface area contributed by atoms with Gasteiger partial charge < -0.3 is 14.5 Å². The van der Waals surface area contributed by atoms with Crippen LogP contribution in [0.3, 0.4) is 0 Å². The molecule has 0 bridgehead atoms. The number of carbonyl (C=O) groups is 1. The normalized spacial score (nSPS) is 13.6. The monoisotopic (exact) mass is 483 g/mol. The number of hydrogen-bond donors (Lipinski definition) is 0. The number of nitrogens with zero attached hydrogens (tertiary/aromatic N) is 5. The average Bonchev–Trinajstić information content (AvgIpc) is 2.92. The summed E-state index contributed by atoms with van der Waals surface area (Å²) in [6, 6.07) is 22.1. The van der Waals surface area contributed by atoms with Crippen molar-refractivity contribution in [2.75, 3.05) is 37.7 Å².